The van der Waals surface area contributed by atoms with E-state index in [1.54, 1.807) is 0 Å². The third-order valence-electron chi connectivity index (χ3n) is 9.33. The highest BCUT2D eigenvalue weighted by atomic mass is 15.1. The first-order chi connectivity index (χ1) is 24.6. The average Bonchev–Trinajstić information content (AvgIpc) is 3.19. The number of nitrogens with zero attached hydrogens (tertiary/aromatic N) is 2. The lowest BCUT2D eigenvalue weighted by molar-refractivity contribution is -0.604. The molecule has 0 unspecified atom stereocenters. The van der Waals surface area contributed by atoms with Crippen molar-refractivity contribution in [2.75, 3.05) is 0 Å². The zero-order chi connectivity index (χ0) is 33.9. The van der Waals surface area contributed by atoms with Gasteiger partial charge in [-0.2, -0.15) is 0 Å². The van der Waals surface area contributed by atoms with Crippen LogP contribution in [-0.2, 0) is 0 Å². The molecule has 0 saturated carbocycles. The quantitative estimate of drug-likeness (QED) is 0.153. The molecule has 0 saturated heterocycles. The summed E-state index contributed by atoms with van der Waals surface area (Å²) < 4.78 is 4.87. The fraction of sp³-hybridized carbons (Fsp3) is 0.0417. The van der Waals surface area contributed by atoms with E-state index in [0.29, 0.717) is 0 Å². The first-order valence-electron chi connectivity index (χ1n) is 17.2. The number of pyridine rings is 2. The predicted molar refractivity (Wildman–Crippen MR) is 206 cm³/mol. The monoisotopic (exact) mass is 642 g/mol. The van der Waals surface area contributed by atoms with Crippen LogP contribution in [0, 0.1) is 13.8 Å². The summed E-state index contributed by atoms with van der Waals surface area (Å²) in [6.07, 6.45) is 0. The van der Waals surface area contributed by atoms with Gasteiger partial charge >= 0.3 is 0 Å². The summed E-state index contributed by atoms with van der Waals surface area (Å²) in [5.74, 6) is 0. The van der Waals surface area contributed by atoms with Crippen LogP contribution < -0.4 is 9.13 Å². The van der Waals surface area contributed by atoms with E-state index in [-0.39, 0.29) is 0 Å². The van der Waals surface area contributed by atoms with Crippen LogP contribution >= 0.6 is 0 Å². The maximum absolute atomic E-state index is 2.44. The van der Waals surface area contributed by atoms with Crippen molar-refractivity contribution in [3.05, 3.63) is 205 Å². The Kier molecular flexibility index (Phi) is 8.42. The van der Waals surface area contributed by atoms with E-state index >= 15 is 0 Å². The molecule has 0 aliphatic heterocycles. The van der Waals surface area contributed by atoms with E-state index < -0.39 is 0 Å². The highest BCUT2D eigenvalue weighted by molar-refractivity contribution is 5.77. The van der Waals surface area contributed by atoms with Gasteiger partial charge in [0.25, 0.3) is 11.4 Å². The molecule has 0 N–H and O–H groups in total. The van der Waals surface area contributed by atoms with E-state index in [9.17, 15) is 0 Å². The smallest absolute Gasteiger partial charge is 0.147 e. The van der Waals surface area contributed by atoms with Crippen molar-refractivity contribution in [2.45, 2.75) is 13.8 Å². The summed E-state index contributed by atoms with van der Waals surface area (Å²) in [6, 6.07) is 70.1. The average molecular weight is 643 g/mol. The second kappa shape index (κ2) is 13.6. The van der Waals surface area contributed by atoms with Gasteiger partial charge in [0, 0.05) is 59.7 Å². The zero-order valence-corrected chi connectivity index (χ0v) is 28.4. The lowest BCUT2D eigenvalue weighted by Gasteiger charge is -2.15. The fourth-order valence-corrected chi connectivity index (χ4v) is 6.75. The Bertz CT molecular complexity index is 2210. The topological polar surface area (TPSA) is 7.76 Å². The first-order valence-corrected chi connectivity index (χ1v) is 17.2. The number of benzene rings is 6. The van der Waals surface area contributed by atoms with Crippen LogP contribution in [0.3, 0.4) is 0 Å². The normalized spacial score (nSPS) is 11.0. The molecule has 2 heteroatoms. The molecule has 8 aromatic rings. The minimum absolute atomic E-state index is 1.09. The molecule has 50 heavy (non-hydrogen) atoms. The van der Waals surface area contributed by atoms with Gasteiger partial charge in [-0.05, 0) is 60.4 Å². The van der Waals surface area contributed by atoms with Crippen molar-refractivity contribution in [3.63, 3.8) is 0 Å². The Morgan fingerprint density at radius 1 is 0.260 bits per heavy atom. The Hall–Kier alpha value is -6.38. The van der Waals surface area contributed by atoms with Crippen LogP contribution in [0.25, 0.3) is 67.5 Å². The number of aromatic nitrogens is 2. The second-order valence-electron chi connectivity index (χ2n) is 12.8. The summed E-state index contributed by atoms with van der Waals surface area (Å²) in [6.45, 7) is 4.29. The van der Waals surface area contributed by atoms with Gasteiger partial charge in [-0.3, -0.25) is 0 Å². The van der Waals surface area contributed by atoms with E-state index in [2.05, 4.69) is 217 Å². The third-order valence-corrected chi connectivity index (χ3v) is 9.33. The minimum atomic E-state index is 1.09. The molecular formula is C48H38N2+2. The first kappa shape index (κ1) is 30.9. The van der Waals surface area contributed by atoms with Crippen LogP contribution in [0.5, 0.6) is 0 Å². The van der Waals surface area contributed by atoms with Crippen molar-refractivity contribution in [1.82, 2.24) is 0 Å². The van der Waals surface area contributed by atoms with Gasteiger partial charge in [0.1, 0.15) is 0 Å². The van der Waals surface area contributed by atoms with Crippen LogP contribution in [0.1, 0.15) is 11.1 Å². The Balaban J connectivity index is 1.57. The molecule has 0 atom stereocenters. The summed E-state index contributed by atoms with van der Waals surface area (Å²) in [4.78, 5) is 0. The Morgan fingerprint density at radius 2 is 0.540 bits per heavy atom. The molecule has 2 aromatic heterocycles. The maximum atomic E-state index is 2.44. The number of hydrogen-bond donors (Lipinski definition) is 0. The van der Waals surface area contributed by atoms with Gasteiger partial charge in [0.05, 0.1) is 0 Å². The van der Waals surface area contributed by atoms with E-state index in [1.807, 2.05) is 0 Å². The van der Waals surface area contributed by atoms with Crippen molar-refractivity contribution in [1.29, 1.82) is 0 Å². The maximum Gasteiger partial charge on any atom is 0.284 e. The molecular weight excluding hydrogens is 605 g/mol. The molecule has 0 radical (unpaired) electrons. The molecule has 0 bridgehead atoms. The third kappa shape index (κ3) is 6.16. The summed E-state index contributed by atoms with van der Waals surface area (Å²) in [7, 11) is 0. The number of hydrogen-bond acceptors (Lipinski definition) is 0. The lowest BCUT2D eigenvalue weighted by atomic mass is 9.96. The molecule has 2 nitrogen and oxygen atoms in total. The van der Waals surface area contributed by atoms with Crippen molar-refractivity contribution in [3.8, 4) is 67.5 Å². The predicted octanol–water partition coefficient (Wildman–Crippen LogP) is 11.2. The van der Waals surface area contributed by atoms with E-state index in [4.69, 9.17) is 0 Å². The molecule has 238 valence electrons. The molecule has 0 amide bonds. The highest BCUT2D eigenvalue weighted by Gasteiger charge is 2.34. The molecule has 8 rings (SSSR count). The second-order valence-corrected chi connectivity index (χ2v) is 12.8. The summed E-state index contributed by atoms with van der Waals surface area (Å²) >= 11 is 0. The summed E-state index contributed by atoms with van der Waals surface area (Å²) in [5.41, 5.74) is 16.0. The van der Waals surface area contributed by atoms with Gasteiger partial charge < -0.3 is 0 Å². The van der Waals surface area contributed by atoms with Gasteiger partial charge in [0.15, 0.2) is 0 Å². The molecule has 0 aliphatic carbocycles. The van der Waals surface area contributed by atoms with Gasteiger partial charge in [-0.1, -0.05) is 132 Å². The number of aryl methyl sites for hydroxylation is 2. The van der Waals surface area contributed by atoms with Crippen molar-refractivity contribution < 1.29 is 9.13 Å². The van der Waals surface area contributed by atoms with Gasteiger partial charge in [0.2, 0.25) is 22.8 Å². The minimum Gasteiger partial charge on any atom is -0.147 e. The van der Waals surface area contributed by atoms with Gasteiger partial charge in [-0.15, -0.1) is 9.13 Å². The molecule has 2 heterocycles. The lowest BCUT2D eigenvalue weighted by Crippen LogP contribution is -2.43. The van der Waals surface area contributed by atoms with Crippen LogP contribution in [0.2, 0.25) is 0 Å². The number of rotatable bonds is 7. The van der Waals surface area contributed by atoms with Crippen molar-refractivity contribution in [2.24, 2.45) is 0 Å². The van der Waals surface area contributed by atoms with Crippen LogP contribution in [-0.4, -0.2) is 0 Å². The Morgan fingerprint density at radius 3 is 0.860 bits per heavy atom. The molecule has 0 spiro atoms. The van der Waals surface area contributed by atoms with E-state index in [0.717, 1.165) is 56.4 Å². The van der Waals surface area contributed by atoms with Gasteiger partial charge in [-0.25, -0.2) is 0 Å². The van der Waals surface area contributed by atoms with Crippen LogP contribution in [0.4, 0.5) is 0 Å². The molecule has 0 aliphatic rings. The fourth-order valence-electron chi connectivity index (χ4n) is 6.75. The highest BCUT2D eigenvalue weighted by Crippen LogP contribution is 2.34. The zero-order valence-electron chi connectivity index (χ0n) is 28.4. The van der Waals surface area contributed by atoms with Crippen LogP contribution in [0.15, 0.2) is 194 Å². The largest absolute Gasteiger partial charge is 0.284 e. The Labute approximate surface area is 294 Å². The summed E-state index contributed by atoms with van der Waals surface area (Å²) in [5, 5.41) is 0. The molecule has 6 aromatic carbocycles. The van der Waals surface area contributed by atoms with Crippen molar-refractivity contribution >= 4 is 0 Å². The standard InChI is InChI=1S/C48H38N2/c1-35-23-27-43(28-24-35)49-45(39-19-11-5-12-20-39)31-41(37-15-7-3-8-16-37)33-47(49)48-34-42(38-17-9-4-10-18-38)32-46(40-21-13-6-14-22-40)50(48)44-29-25-36(2)26-30-44/h3-34H,1-2H3/q+2. The van der Waals surface area contributed by atoms with E-state index in [1.165, 1.54) is 22.3 Å². The SMILES string of the molecule is Cc1ccc(-[n+]2c(-c3ccccc3)cc(-c3ccccc3)cc2-c2cc(-c3ccccc3)cc(-c3ccccc3)[n+]2-c2ccc(C)cc2)cc1. The molecule has 0 fully saturated rings.